The van der Waals surface area contributed by atoms with Crippen molar-refractivity contribution in [3.63, 3.8) is 0 Å². The smallest absolute Gasteiger partial charge is 0.337 e. The highest BCUT2D eigenvalue weighted by Crippen LogP contribution is 2.29. The Morgan fingerprint density at radius 3 is 2.75 bits per heavy atom. The van der Waals surface area contributed by atoms with E-state index in [2.05, 4.69) is 4.57 Å². The van der Waals surface area contributed by atoms with E-state index >= 15 is 0 Å². The zero-order chi connectivity index (χ0) is 14.1. The number of halogens is 1. The Morgan fingerprint density at radius 1 is 1.30 bits per heavy atom. The predicted molar refractivity (Wildman–Crippen MR) is 80.5 cm³/mol. The molecule has 0 bridgehead atoms. The van der Waals surface area contributed by atoms with Crippen LogP contribution in [0.25, 0.3) is 10.9 Å². The second-order valence-corrected chi connectivity index (χ2v) is 6.10. The van der Waals surface area contributed by atoms with Crippen molar-refractivity contribution in [2.75, 3.05) is 0 Å². The molecule has 0 aliphatic heterocycles. The minimum Gasteiger partial charge on any atom is -0.478 e. The van der Waals surface area contributed by atoms with Gasteiger partial charge in [-0.1, -0.05) is 36.9 Å². The first-order valence-corrected chi connectivity index (χ1v) is 7.54. The van der Waals surface area contributed by atoms with Gasteiger partial charge in [0.1, 0.15) is 0 Å². The molecular weight excluding hydrogens is 274 g/mol. The van der Waals surface area contributed by atoms with E-state index in [9.17, 15) is 9.90 Å². The van der Waals surface area contributed by atoms with E-state index in [1.165, 1.54) is 32.1 Å². The van der Waals surface area contributed by atoms with Crippen LogP contribution in [0, 0.1) is 5.92 Å². The summed E-state index contributed by atoms with van der Waals surface area (Å²) in [6, 6.07) is 5.42. The van der Waals surface area contributed by atoms with E-state index in [-0.39, 0.29) is 0 Å². The molecule has 0 amide bonds. The second kappa shape index (κ2) is 5.49. The van der Waals surface area contributed by atoms with E-state index in [0.29, 0.717) is 16.5 Å². The van der Waals surface area contributed by atoms with Gasteiger partial charge in [-0.25, -0.2) is 4.79 Å². The zero-order valence-corrected chi connectivity index (χ0v) is 12.1. The SMILES string of the molecule is O=C(O)c1cn(CC2CCCCC2)c2cc(Cl)ccc12. The number of carbonyl (C=O) groups is 1. The first-order valence-electron chi connectivity index (χ1n) is 7.17. The number of benzene rings is 1. The van der Waals surface area contributed by atoms with Crippen LogP contribution in [-0.4, -0.2) is 15.6 Å². The van der Waals surface area contributed by atoms with Crippen molar-refractivity contribution >= 4 is 28.5 Å². The summed E-state index contributed by atoms with van der Waals surface area (Å²) in [4.78, 5) is 11.4. The van der Waals surface area contributed by atoms with Gasteiger partial charge >= 0.3 is 5.97 Å². The molecule has 4 heteroatoms. The normalized spacial score (nSPS) is 16.6. The third-order valence-corrected chi connectivity index (χ3v) is 4.49. The maximum Gasteiger partial charge on any atom is 0.337 e. The number of carboxylic acid groups (broad SMARTS) is 1. The molecule has 0 spiro atoms. The lowest BCUT2D eigenvalue weighted by Gasteiger charge is -2.22. The predicted octanol–water partition coefficient (Wildman–Crippen LogP) is 4.57. The lowest BCUT2D eigenvalue weighted by atomic mass is 9.89. The minimum atomic E-state index is -0.875. The van der Waals surface area contributed by atoms with Crippen molar-refractivity contribution in [2.45, 2.75) is 38.6 Å². The molecule has 0 unspecified atom stereocenters. The summed E-state index contributed by atoms with van der Waals surface area (Å²) in [5, 5.41) is 10.8. The summed E-state index contributed by atoms with van der Waals surface area (Å²) in [6.45, 7) is 0.893. The summed E-state index contributed by atoms with van der Waals surface area (Å²) in [6.07, 6.45) is 8.14. The van der Waals surface area contributed by atoms with E-state index in [4.69, 9.17) is 11.6 Å². The molecule has 0 atom stereocenters. The highest BCUT2D eigenvalue weighted by atomic mass is 35.5. The van der Waals surface area contributed by atoms with Gasteiger partial charge in [0.2, 0.25) is 0 Å². The molecule has 3 nitrogen and oxygen atoms in total. The molecule has 2 aromatic rings. The van der Waals surface area contributed by atoms with Crippen molar-refractivity contribution in [1.82, 2.24) is 4.57 Å². The second-order valence-electron chi connectivity index (χ2n) is 5.67. The lowest BCUT2D eigenvalue weighted by Crippen LogP contribution is -2.13. The summed E-state index contributed by atoms with van der Waals surface area (Å²) < 4.78 is 2.07. The number of rotatable bonds is 3. The van der Waals surface area contributed by atoms with Gasteiger partial charge in [-0.3, -0.25) is 0 Å². The fourth-order valence-corrected chi connectivity index (χ4v) is 3.40. The van der Waals surface area contributed by atoms with Crippen molar-refractivity contribution < 1.29 is 9.90 Å². The fraction of sp³-hybridized carbons (Fsp3) is 0.438. The van der Waals surface area contributed by atoms with Crippen molar-refractivity contribution in [1.29, 1.82) is 0 Å². The van der Waals surface area contributed by atoms with Gasteiger partial charge in [-0.05, 0) is 30.9 Å². The molecule has 1 aromatic heterocycles. The average Bonchev–Trinajstić information content (AvgIpc) is 2.78. The Kier molecular flexibility index (Phi) is 3.70. The van der Waals surface area contributed by atoms with Crippen LogP contribution < -0.4 is 0 Å². The summed E-state index contributed by atoms with van der Waals surface area (Å²) in [5.41, 5.74) is 1.30. The number of hydrogen-bond acceptors (Lipinski definition) is 1. The third-order valence-electron chi connectivity index (χ3n) is 4.25. The van der Waals surface area contributed by atoms with Gasteiger partial charge in [-0.2, -0.15) is 0 Å². The molecule has 106 valence electrons. The molecule has 1 N–H and O–H groups in total. The van der Waals surface area contributed by atoms with E-state index in [0.717, 1.165) is 17.4 Å². The number of aromatic nitrogens is 1. The van der Waals surface area contributed by atoms with Crippen LogP contribution in [0.5, 0.6) is 0 Å². The number of nitrogens with zero attached hydrogens (tertiary/aromatic N) is 1. The maximum absolute atomic E-state index is 11.4. The molecule has 0 saturated heterocycles. The number of aromatic carboxylic acids is 1. The van der Waals surface area contributed by atoms with Gasteiger partial charge in [0, 0.05) is 23.2 Å². The van der Waals surface area contributed by atoms with Crippen LogP contribution in [0.4, 0.5) is 0 Å². The molecule has 1 aliphatic rings. The van der Waals surface area contributed by atoms with E-state index in [1.807, 2.05) is 6.07 Å². The van der Waals surface area contributed by atoms with Gasteiger partial charge in [-0.15, -0.1) is 0 Å². The molecule has 1 aliphatic carbocycles. The Labute approximate surface area is 123 Å². The lowest BCUT2D eigenvalue weighted by molar-refractivity contribution is 0.0698. The molecule has 1 saturated carbocycles. The van der Waals surface area contributed by atoms with Gasteiger partial charge < -0.3 is 9.67 Å². The first kappa shape index (κ1) is 13.5. The van der Waals surface area contributed by atoms with E-state index < -0.39 is 5.97 Å². The molecule has 20 heavy (non-hydrogen) atoms. The van der Waals surface area contributed by atoms with Gasteiger partial charge in [0.15, 0.2) is 0 Å². The molecule has 1 aromatic carbocycles. The van der Waals surface area contributed by atoms with Crippen LogP contribution in [0.2, 0.25) is 5.02 Å². The summed E-state index contributed by atoms with van der Waals surface area (Å²) in [5.74, 6) is -0.223. The number of carboxylic acids is 1. The van der Waals surface area contributed by atoms with Gasteiger partial charge in [0.05, 0.1) is 11.1 Å². The molecular formula is C16H18ClNO2. The molecule has 1 fully saturated rings. The molecule has 0 radical (unpaired) electrons. The topological polar surface area (TPSA) is 42.2 Å². The Bertz CT molecular complexity index is 641. The largest absolute Gasteiger partial charge is 0.478 e. The zero-order valence-electron chi connectivity index (χ0n) is 11.3. The van der Waals surface area contributed by atoms with Crippen molar-refractivity contribution in [2.24, 2.45) is 5.92 Å². The Hall–Kier alpha value is -1.48. The number of fused-ring (bicyclic) bond motifs is 1. The molecule has 3 rings (SSSR count). The number of hydrogen-bond donors (Lipinski definition) is 1. The van der Waals surface area contributed by atoms with Crippen LogP contribution >= 0.6 is 11.6 Å². The standard InChI is InChI=1S/C16H18ClNO2/c17-12-6-7-13-14(16(19)20)10-18(15(13)8-12)9-11-4-2-1-3-5-11/h6-8,10-11H,1-5,9H2,(H,19,20). The van der Waals surface area contributed by atoms with Crippen LogP contribution in [0.1, 0.15) is 42.5 Å². The monoisotopic (exact) mass is 291 g/mol. The van der Waals surface area contributed by atoms with Gasteiger partial charge in [0.25, 0.3) is 0 Å². The minimum absolute atomic E-state index is 0.368. The molecule has 1 heterocycles. The Morgan fingerprint density at radius 2 is 2.05 bits per heavy atom. The van der Waals surface area contributed by atoms with Crippen LogP contribution in [0.15, 0.2) is 24.4 Å². The third kappa shape index (κ3) is 2.55. The highest BCUT2D eigenvalue weighted by Gasteiger charge is 2.18. The van der Waals surface area contributed by atoms with E-state index in [1.54, 1.807) is 18.3 Å². The van der Waals surface area contributed by atoms with Crippen LogP contribution in [-0.2, 0) is 6.54 Å². The quantitative estimate of drug-likeness (QED) is 0.900. The van der Waals surface area contributed by atoms with Crippen LogP contribution in [0.3, 0.4) is 0 Å². The van der Waals surface area contributed by atoms with Crippen molar-refractivity contribution in [3.05, 3.63) is 35.0 Å². The van der Waals surface area contributed by atoms with Crippen molar-refractivity contribution in [3.8, 4) is 0 Å². The first-order chi connectivity index (χ1) is 9.65. The maximum atomic E-state index is 11.4. The average molecular weight is 292 g/mol. The Balaban J connectivity index is 2.00. The fourth-order valence-electron chi connectivity index (χ4n) is 3.23. The summed E-state index contributed by atoms with van der Waals surface area (Å²) >= 11 is 6.06. The summed E-state index contributed by atoms with van der Waals surface area (Å²) in [7, 11) is 0. The highest BCUT2D eigenvalue weighted by molar-refractivity contribution is 6.31.